The highest BCUT2D eigenvalue weighted by atomic mass is 15.1. The van der Waals surface area contributed by atoms with Crippen LogP contribution in [0.5, 0.6) is 0 Å². The zero-order chi connectivity index (χ0) is 27.1. The van der Waals surface area contributed by atoms with Crippen LogP contribution in [0.3, 0.4) is 0 Å². The van der Waals surface area contributed by atoms with E-state index in [1.165, 1.54) is 37.7 Å². The Kier molecular flexibility index (Phi) is 6.11. The Balaban J connectivity index is 1.23. The molecule has 4 heterocycles. The van der Waals surface area contributed by atoms with Gasteiger partial charge < -0.3 is 10.3 Å². The van der Waals surface area contributed by atoms with Gasteiger partial charge in [0, 0.05) is 23.0 Å². The number of benzene rings is 2. The van der Waals surface area contributed by atoms with Crippen LogP contribution >= 0.6 is 0 Å². The summed E-state index contributed by atoms with van der Waals surface area (Å²) in [5.74, 6) is 1.21. The molecule has 0 unspecified atom stereocenters. The summed E-state index contributed by atoms with van der Waals surface area (Å²) in [7, 11) is 0. The van der Waals surface area contributed by atoms with E-state index in [9.17, 15) is 0 Å². The van der Waals surface area contributed by atoms with E-state index in [0.29, 0.717) is 17.4 Å². The average Bonchev–Trinajstić information content (AvgIpc) is 3.61. The number of anilines is 1. The Hall–Kier alpha value is -4.78. The molecule has 1 fully saturated rings. The maximum absolute atomic E-state index is 5.01. The first-order chi connectivity index (χ1) is 19.6. The van der Waals surface area contributed by atoms with E-state index in [0.717, 1.165) is 55.8 Å². The number of hydrogen-bond donors (Lipinski definition) is 3. The average molecular weight is 526 g/mol. The summed E-state index contributed by atoms with van der Waals surface area (Å²) in [6, 6.07) is 20.8. The third-order valence-corrected chi connectivity index (χ3v) is 7.91. The minimum atomic E-state index is 0.524. The van der Waals surface area contributed by atoms with E-state index in [2.05, 4.69) is 81.4 Å². The number of para-hydroxylation sites is 1. The molecule has 0 amide bonds. The Labute approximate surface area is 232 Å². The number of rotatable bonds is 6. The number of aromatic amines is 2. The molecule has 6 aromatic rings. The zero-order valence-corrected chi connectivity index (χ0v) is 22.5. The minimum Gasteiger partial charge on any atom is -0.358 e. The quantitative estimate of drug-likeness (QED) is 0.204. The molecule has 4 aromatic heterocycles. The summed E-state index contributed by atoms with van der Waals surface area (Å²) in [6.45, 7) is 6.43. The minimum absolute atomic E-state index is 0.524. The highest BCUT2D eigenvalue weighted by Crippen LogP contribution is 2.33. The number of imidazole rings is 1. The first-order valence-electron chi connectivity index (χ1n) is 13.9. The van der Waals surface area contributed by atoms with Gasteiger partial charge in [0.1, 0.15) is 5.52 Å². The number of fused-ring (bicyclic) bond motifs is 2. The highest BCUT2D eigenvalue weighted by Gasteiger charge is 2.18. The van der Waals surface area contributed by atoms with E-state index in [-0.39, 0.29) is 0 Å². The standard InChI is InChI=1S/C33H31N7/c1-20-8-6-11-23(16-20)26-12-7-13-28-30(26)38-33(37-28)32-31-29(39-40-32)15-14-27(36-31)24-17-25(19-34-18-24)35-21(2)22-9-4-3-5-10-22/h6-8,11-19,22,35H,2-5,9-10H2,1H3,(H,37,38)(H,39,40). The molecule has 7 heteroatoms. The summed E-state index contributed by atoms with van der Waals surface area (Å²) < 4.78 is 0. The lowest BCUT2D eigenvalue weighted by atomic mass is 9.87. The van der Waals surface area contributed by atoms with Gasteiger partial charge in [0.15, 0.2) is 11.5 Å². The van der Waals surface area contributed by atoms with Crippen molar-refractivity contribution in [3.05, 3.63) is 90.9 Å². The summed E-state index contributed by atoms with van der Waals surface area (Å²) in [4.78, 5) is 18.0. The van der Waals surface area contributed by atoms with E-state index in [1.54, 1.807) is 0 Å². The van der Waals surface area contributed by atoms with Crippen LogP contribution in [0.2, 0.25) is 0 Å². The molecule has 2 aromatic carbocycles. The molecule has 0 bridgehead atoms. The van der Waals surface area contributed by atoms with Gasteiger partial charge in [0.2, 0.25) is 0 Å². The number of nitrogens with one attached hydrogen (secondary N) is 3. The van der Waals surface area contributed by atoms with Crippen LogP contribution < -0.4 is 5.32 Å². The van der Waals surface area contributed by atoms with Crippen molar-refractivity contribution in [2.45, 2.75) is 39.0 Å². The smallest absolute Gasteiger partial charge is 0.161 e. The molecule has 1 saturated carbocycles. The van der Waals surface area contributed by atoms with Gasteiger partial charge in [-0.25, -0.2) is 9.97 Å². The molecule has 0 aliphatic heterocycles. The normalized spacial score (nSPS) is 14.1. The topological polar surface area (TPSA) is 95.2 Å². The van der Waals surface area contributed by atoms with Crippen molar-refractivity contribution in [2.75, 3.05) is 5.32 Å². The lowest BCUT2D eigenvalue weighted by molar-refractivity contribution is 0.405. The predicted molar refractivity (Wildman–Crippen MR) is 162 cm³/mol. The molecule has 1 aliphatic carbocycles. The zero-order valence-electron chi connectivity index (χ0n) is 22.5. The van der Waals surface area contributed by atoms with Crippen LogP contribution in [0.1, 0.15) is 37.7 Å². The van der Waals surface area contributed by atoms with Crippen LogP contribution in [-0.4, -0.2) is 30.1 Å². The van der Waals surface area contributed by atoms with Crippen LogP contribution in [0.25, 0.3) is 56.0 Å². The predicted octanol–water partition coefficient (Wildman–Crippen LogP) is 8.04. The van der Waals surface area contributed by atoms with E-state index in [1.807, 2.05) is 30.6 Å². The molecule has 3 N–H and O–H groups in total. The number of hydrogen-bond acceptors (Lipinski definition) is 5. The molecular weight excluding hydrogens is 494 g/mol. The molecule has 0 spiro atoms. The Morgan fingerprint density at radius 2 is 1.75 bits per heavy atom. The number of nitrogens with zero attached hydrogens (tertiary/aromatic N) is 4. The summed E-state index contributed by atoms with van der Waals surface area (Å²) in [5.41, 5.74) is 11.4. The molecule has 0 saturated heterocycles. The second-order valence-electron chi connectivity index (χ2n) is 10.8. The first-order valence-corrected chi connectivity index (χ1v) is 13.9. The fraction of sp³-hybridized carbons (Fsp3) is 0.212. The monoisotopic (exact) mass is 525 g/mol. The van der Waals surface area contributed by atoms with E-state index in [4.69, 9.17) is 9.97 Å². The van der Waals surface area contributed by atoms with Gasteiger partial charge in [0.05, 0.1) is 34.1 Å². The Bertz CT molecular complexity index is 1860. The third-order valence-electron chi connectivity index (χ3n) is 7.91. The molecule has 198 valence electrons. The van der Waals surface area contributed by atoms with Gasteiger partial charge in [-0.3, -0.25) is 10.1 Å². The second-order valence-corrected chi connectivity index (χ2v) is 10.8. The van der Waals surface area contributed by atoms with Crippen molar-refractivity contribution in [3.63, 3.8) is 0 Å². The maximum Gasteiger partial charge on any atom is 0.161 e. The van der Waals surface area contributed by atoms with Crippen LogP contribution in [0.4, 0.5) is 5.69 Å². The Morgan fingerprint density at radius 1 is 0.875 bits per heavy atom. The summed E-state index contributed by atoms with van der Waals surface area (Å²) >= 11 is 0. The summed E-state index contributed by atoms with van der Waals surface area (Å²) in [5, 5.41) is 11.2. The molecule has 7 rings (SSSR count). The van der Waals surface area contributed by atoms with Crippen molar-refractivity contribution in [2.24, 2.45) is 5.92 Å². The molecule has 0 radical (unpaired) electrons. The third kappa shape index (κ3) is 4.53. The van der Waals surface area contributed by atoms with Gasteiger partial charge >= 0.3 is 0 Å². The number of H-pyrrole nitrogens is 2. The molecular formula is C33H31N7. The highest BCUT2D eigenvalue weighted by molar-refractivity contribution is 5.96. The van der Waals surface area contributed by atoms with Crippen molar-refractivity contribution < 1.29 is 0 Å². The van der Waals surface area contributed by atoms with Crippen LogP contribution in [0, 0.1) is 12.8 Å². The SMILES string of the molecule is C=C(Nc1cncc(-c2ccc3[nH]nc(-c4nc5c(-c6cccc(C)c6)cccc5[nH]4)c3n2)c1)C1CCCCC1. The summed E-state index contributed by atoms with van der Waals surface area (Å²) in [6.07, 6.45) is 9.98. The molecule has 40 heavy (non-hydrogen) atoms. The number of allylic oxidation sites excluding steroid dienone is 1. The first kappa shape index (κ1) is 24.3. The molecule has 1 aliphatic rings. The van der Waals surface area contributed by atoms with Gasteiger partial charge in [0.25, 0.3) is 0 Å². The fourth-order valence-electron chi connectivity index (χ4n) is 5.80. The van der Waals surface area contributed by atoms with Crippen LogP contribution in [0.15, 0.2) is 85.3 Å². The number of aromatic nitrogens is 6. The van der Waals surface area contributed by atoms with E-state index >= 15 is 0 Å². The maximum atomic E-state index is 5.01. The molecule has 0 atom stereocenters. The van der Waals surface area contributed by atoms with Gasteiger partial charge in [-0.1, -0.05) is 67.8 Å². The second kappa shape index (κ2) is 10.1. The van der Waals surface area contributed by atoms with E-state index < -0.39 is 0 Å². The van der Waals surface area contributed by atoms with Gasteiger partial charge in [-0.15, -0.1) is 0 Å². The Morgan fingerprint density at radius 3 is 2.62 bits per heavy atom. The van der Waals surface area contributed by atoms with Crippen molar-refractivity contribution in [3.8, 4) is 33.9 Å². The lowest BCUT2D eigenvalue weighted by Gasteiger charge is -2.24. The lowest BCUT2D eigenvalue weighted by Crippen LogP contribution is -2.14. The van der Waals surface area contributed by atoms with Gasteiger partial charge in [-0.05, 0) is 55.5 Å². The van der Waals surface area contributed by atoms with Gasteiger partial charge in [-0.2, -0.15) is 5.10 Å². The van der Waals surface area contributed by atoms with Crippen molar-refractivity contribution in [1.29, 1.82) is 0 Å². The number of pyridine rings is 2. The molecule has 7 nitrogen and oxygen atoms in total. The van der Waals surface area contributed by atoms with Crippen molar-refractivity contribution >= 4 is 27.8 Å². The number of aryl methyl sites for hydroxylation is 1. The van der Waals surface area contributed by atoms with Crippen molar-refractivity contribution in [1.82, 2.24) is 30.1 Å². The van der Waals surface area contributed by atoms with Crippen LogP contribution in [-0.2, 0) is 0 Å². The largest absolute Gasteiger partial charge is 0.358 e. The fourth-order valence-corrected chi connectivity index (χ4v) is 5.80.